The Hall–Kier alpha value is -2.46. The summed E-state index contributed by atoms with van der Waals surface area (Å²) < 4.78 is 0. The van der Waals surface area contributed by atoms with Gasteiger partial charge in [0.25, 0.3) is 0 Å². The van der Waals surface area contributed by atoms with Gasteiger partial charge in [0.1, 0.15) is 0 Å². The minimum atomic E-state index is -0.596. The summed E-state index contributed by atoms with van der Waals surface area (Å²) in [6.07, 6.45) is 1.94. The molecule has 5 heteroatoms. The molecule has 0 aliphatic carbocycles. The predicted octanol–water partition coefficient (Wildman–Crippen LogP) is 4.45. The first-order chi connectivity index (χ1) is 13.0. The lowest BCUT2D eigenvalue weighted by atomic mass is 9.82. The summed E-state index contributed by atoms with van der Waals surface area (Å²) in [7, 11) is 0. The van der Waals surface area contributed by atoms with Gasteiger partial charge in [-0.25, -0.2) is 0 Å². The van der Waals surface area contributed by atoms with Crippen LogP contribution in [0.3, 0.4) is 0 Å². The van der Waals surface area contributed by atoms with Gasteiger partial charge in [0.2, 0.25) is 5.91 Å². The van der Waals surface area contributed by atoms with Gasteiger partial charge in [-0.1, -0.05) is 35.9 Å². The quantitative estimate of drug-likeness (QED) is 0.728. The van der Waals surface area contributed by atoms with E-state index < -0.39 is 5.41 Å². The van der Waals surface area contributed by atoms with Gasteiger partial charge < -0.3 is 14.8 Å². The summed E-state index contributed by atoms with van der Waals surface area (Å²) in [6.45, 7) is 7.22. The molecule has 0 spiro atoms. The van der Waals surface area contributed by atoms with Crippen LogP contribution in [0.2, 0.25) is 5.02 Å². The fourth-order valence-electron chi connectivity index (χ4n) is 3.93. The molecule has 1 N–H and O–H groups in total. The summed E-state index contributed by atoms with van der Waals surface area (Å²) in [5.41, 5.74) is 2.61. The van der Waals surface area contributed by atoms with Crippen molar-refractivity contribution in [2.75, 3.05) is 31.1 Å². The van der Waals surface area contributed by atoms with Gasteiger partial charge in [0.15, 0.2) is 0 Å². The van der Waals surface area contributed by atoms with Crippen LogP contribution < -0.4 is 4.90 Å². The SMILES string of the molecule is CC(C)(C(=O)N1CCN(c2ccccc2)CC1)c1c[nH]c2cc(Cl)ccc12. The maximum Gasteiger partial charge on any atom is 0.232 e. The first-order valence-corrected chi connectivity index (χ1v) is 9.71. The molecule has 1 aliphatic rings. The molecule has 0 atom stereocenters. The number of fused-ring (bicyclic) bond motifs is 1. The number of aromatic nitrogens is 1. The number of hydrogen-bond acceptors (Lipinski definition) is 2. The van der Waals surface area contributed by atoms with Crippen LogP contribution in [-0.2, 0) is 10.2 Å². The van der Waals surface area contributed by atoms with Gasteiger partial charge in [-0.05, 0) is 43.7 Å². The Bertz CT molecular complexity index is 956. The van der Waals surface area contributed by atoms with Gasteiger partial charge in [0, 0.05) is 54.0 Å². The van der Waals surface area contributed by atoms with Gasteiger partial charge in [-0.15, -0.1) is 0 Å². The van der Waals surface area contributed by atoms with Crippen LogP contribution in [0.15, 0.2) is 54.7 Å². The summed E-state index contributed by atoms with van der Waals surface area (Å²) >= 11 is 6.09. The van der Waals surface area contributed by atoms with E-state index in [1.165, 1.54) is 5.69 Å². The maximum absolute atomic E-state index is 13.3. The Morgan fingerprint density at radius 1 is 1.04 bits per heavy atom. The molecule has 0 saturated carbocycles. The third kappa shape index (κ3) is 3.30. The van der Waals surface area contributed by atoms with Gasteiger partial charge in [0.05, 0.1) is 5.41 Å². The largest absolute Gasteiger partial charge is 0.368 e. The summed E-state index contributed by atoms with van der Waals surface area (Å²) in [5, 5.41) is 1.75. The highest BCUT2D eigenvalue weighted by Crippen LogP contribution is 2.33. The van der Waals surface area contributed by atoms with Crippen LogP contribution >= 0.6 is 11.6 Å². The Morgan fingerprint density at radius 2 is 1.74 bits per heavy atom. The molecule has 0 unspecified atom stereocenters. The van der Waals surface area contributed by atoms with E-state index in [0.29, 0.717) is 5.02 Å². The lowest BCUT2D eigenvalue weighted by Crippen LogP contribution is -2.53. The molecule has 1 fully saturated rings. The van der Waals surface area contributed by atoms with Crippen molar-refractivity contribution < 1.29 is 4.79 Å². The number of hydrogen-bond donors (Lipinski definition) is 1. The molecule has 1 saturated heterocycles. The van der Waals surface area contributed by atoms with Crippen LogP contribution in [0.25, 0.3) is 10.9 Å². The normalized spacial score (nSPS) is 15.4. The van der Waals surface area contributed by atoms with Crippen molar-refractivity contribution in [2.24, 2.45) is 0 Å². The average Bonchev–Trinajstić information content (AvgIpc) is 3.12. The third-order valence-electron chi connectivity index (χ3n) is 5.54. The van der Waals surface area contributed by atoms with Crippen molar-refractivity contribution in [3.05, 3.63) is 65.3 Å². The third-order valence-corrected chi connectivity index (χ3v) is 5.78. The van der Waals surface area contributed by atoms with E-state index in [-0.39, 0.29) is 5.91 Å². The molecule has 1 aromatic heterocycles. The number of anilines is 1. The van der Waals surface area contributed by atoms with Crippen molar-refractivity contribution in [3.8, 4) is 0 Å². The molecule has 0 bridgehead atoms. The fraction of sp³-hybridized carbons (Fsp3) is 0.318. The highest BCUT2D eigenvalue weighted by molar-refractivity contribution is 6.31. The van der Waals surface area contributed by atoms with Crippen LogP contribution in [0.1, 0.15) is 19.4 Å². The number of amides is 1. The molecule has 140 valence electrons. The summed E-state index contributed by atoms with van der Waals surface area (Å²) in [6, 6.07) is 16.2. The Morgan fingerprint density at radius 3 is 2.44 bits per heavy atom. The molecule has 3 aromatic rings. The molecule has 27 heavy (non-hydrogen) atoms. The zero-order valence-corrected chi connectivity index (χ0v) is 16.5. The first kappa shape index (κ1) is 17.9. The second-order valence-electron chi connectivity index (χ2n) is 7.63. The zero-order valence-electron chi connectivity index (χ0n) is 15.7. The Balaban J connectivity index is 1.52. The number of para-hydroxylation sites is 1. The van der Waals surface area contributed by atoms with Crippen LogP contribution in [0.5, 0.6) is 0 Å². The van der Waals surface area contributed by atoms with Gasteiger partial charge in [-0.2, -0.15) is 0 Å². The lowest BCUT2D eigenvalue weighted by Gasteiger charge is -2.39. The molecule has 1 amide bonds. The number of carbonyl (C=O) groups is 1. The topological polar surface area (TPSA) is 39.3 Å². The van der Waals surface area contributed by atoms with Gasteiger partial charge >= 0.3 is 0 Å². The second-order valence-corrected chi connectivity index (χ2v) is 8.07. The van der Waals surface area contributed by atoms with E-state index >= 15 is 0 Å². The zero-order chi connectivity index (χ0) is 19.0. The molecule has 4 rings (SSSR count). The number of benzene rings is 2. The molecular formula is C22H24ClN3O. The first-order valence-electron chi connectivity index (χ1n) is 9.33. The highest BCUT2D eigenvalue weighted by Gasteiger charge is 2.36. The standard InChI is InChI=1S/C22H24ClN3O/c1-22(2,19-15-24-20-14-16(23)8-9-18(19)20)21(27)26-12-10-25(11-13-26)17-6-4-3-5-7-17/h3-9,14-15,24H,10-13H2,1-2H3. The predicted molar refractivity (Wildman–Crippen MR) is 112 cm³/mol. The number of rotatable bonds is 3. The van der Waals surface area contributed by atoms with E-state index in [9.17, 15) is 4.79 Å². The fourth-order valence-corrected chi connectivity index (χ4v) is 4.10. The lowest BCUT2D eigenvalue weighted by molar-refractivity contribution is -0.136. The number of carbonyl (C=O) groups excluding carboxylic acids is 1. The summed E-state index contributed by atoms with van der Waals surface area (Å²) in [5.74, 6) is 0.172. The summed E-state index contributed by atoms with van der Waals surface area (Å²) in [4.78, 5) is 20.9. The van der Waals surface area contributed by atoms with E-state index in [1.54, 1.807) is 0 Å². The Labute approximate surface area is 164 Å². The van der Waals surface area contributed by atoms with E-state index in [1.807, 2.05) is 49.2 Å². The van der Waals surface area contributed by atoms with Crippen molar-refractivity contribution >= 4 is 34.1 Å². The van der Waals surface area contributed by atoms with Gasteiger partial charge in [-0.3, -0.25) is 4.79 Å². The Kier molecular flexibility index (Phi) is 4.60. The maximum atomic E-state index is 13.3. The molecular weight excluding hydrogens is 358 g/mol. The monoisotopic (exact) mass is 381 g/mol. The number of aromatic amines is 1. The molecule has 0 radical (unpaired) electrons. The average molecular weight is 382 g/mol. The number of piperazine rings is 1. The van der Waals surface area contributed by atoms with Crippen molar-refractivity contribution in [2.45, 2.75) is 19.3 Å². The van der Waals surface area contributed by atoms with Crippen LogP contribution in [0.4, 0.5) is 5.69 Å². The second kappa shape index (κ2) is 6.93. The molecule has 2 aromatic carbocycles. The van der Waals surface area contributed by atoms with Crippen molar-refractivity contribution in [1.29, 1.82) is 0 Å². The van der Waals surface area contributed by atoms with E-state index in [0.717, 1.165) is 42.6 Å². The molecule has 4 nitrogen and oxygen atoms in total. The number of nitrogens with one attached hydrogen (secondary N) is 1. The van der Waals surface area contributed by atoms with Crippen molar-refractivity contribution in [1.82, 2.24) is 9.88 Å². The van der Waals surface area contributed by atoms with E-state index in [4.69, 9.17) is 11.6 Å². The molecule has 1 aliphatic heterocycles. The van der Waals surface area contributed by atoms with Crippen LogP contribution in [0, 0.1) is 0 Å². The smallest absolute Gasteiger partial charge is 0.232 e. The number of halogens is 1. The van der Waals surface area contributed by atoms with Crippen LogP contribution in [-0.4, -0.2) is 42.0 Å². The number of nitrogens with zero attached hydrogens (tertiary/aromatic N) is 2. The minimum absolute atomic E-state index is 0.172. The minimum Gasteiger partial charge on any atom is -0.368 e. The van der Waals surface area contributed by atoms with Crippen molar-refractivity contribution in [3.63, 3.8) is 0 Å². The molecule has 2 heterocycles. The number of H-pyrrole nitrogens is 1. The van der Waals surface area contributed by atoms with E-state index in [2.05, 4.69) is 34.1 Å². The highest BCUT2D eigenvalue weighted by atomic mass is 35.5.